The third-order valence-electron chi connectivity index (χ3n) is 4.57. The predicted molar refractivity (Wildman–Crippen MR) is 94.5 cm³/mol. The summed E-state index contributed by atoms with van der Waals surface area (Å²) < 4.78 is 34.4. The summed E-state index contributed by atoms with van der Waals surface area (Å²) in [7, 11) is 10.0. The van der Waals surface area contributed by atoms with Crippen LogP contribution in [0.3, 0.4) is 0 Å². The molecule has 6 unspecified atom stereocenters. The Hall–Kier alpha value is -0.240. The summed E-state index contributed by atoms with van der Waals surface area (Å²) in [6, 6.07) is 0. The van der Waals surface area contributed by atoms with Crippen molar-refractivity contribution in [2.75, 3.05) is 42.7 Å². The molecule has 0 N–H and O–H groups in total. The Bertz CT molecular complexity index is 280. The van der Waals surface area contributed by atoms with Crippen LogP contribution in [-0.4, -0.2) is 79.3 Å². The topological polar surface area (TPSA) is 55.4 Å². The minimum absolute atomic E-state index is 0.129. The van der Waals surface area contributed by atoms with Crippen LogP contribution in [0, 0.1) is 11.8 Å². The number of hydrogen-bond donors (Lipinski definition) is 0. The third-order valence-corrected chi connectivity index (χ3v) is 4.57. The molecule has 0 aliphatic rings. The summed E-state index contributed by atoms with van der Waals surface area (Å²) in [5.41, 5.74) is 0. The summed E-state index contributed by atoms with van der Waals surface area (Å²) in [5.74, 6) is 0.527. The quantitative estimate of drug-likeness (QED) is 0.508. The van der Waals surface area contributed by atoms with Gasteiger partial charge in [0, 0.05) is 42.7 Å². The fourth-order valence-electron chi connectivity index (χ4n) is 3.39. The summed E-state index contributed by atoms with van der Waals surface area (Å²) >= 11 is 0. The zero-order valence-electron chi connectivity index (χ0n) is 17.1. The molecule has 6 atom stereocenters. The highest BCUT2D eigenvalue weighted by atomic mass is 16.6. The van der Waals surface area contributed by atoms with Gasteiger partial charge >= 0.3 is 0 Å². The monoisotopic (exact) mass is 350 g/mol. The van der Waals surface area contributed by atoms with Crippen LogP contribution in [0.1, 0.15) is 27.7 Å². The summed E-state index contributed by atoms with van der Waals surface area (Å²) in [5, 5.41) is 0. The number of methoxy groups -OCH3 is 6. The van der Waals surface area contributed by atoms with Crippen molar-refractivity contribution in [1.82, 2.24) is 0 Å². The third kappa shape index (κ3) is 5.93. The lowest BCUT2D eigenvalue weighted by atomic mass is 9.88. The van der Waals surface area contributed by atoms with E-state index in [1.807, 2.05) is 0 Å². The summed E-state index contributed by atoms with van der Waals surface area (Å²) in [4.78, 5) is 0. The first kappa shape index (κ1) is 23.8. The maximum atomic E-state index is 5.78. The van der Waals surface area contributed by atoms with Crippen molar-refractivity contribution >= 4 is 0 Å². The van der Waals surface area contributed by atoms with Crippen molar-refractivity contribution in [3.8, 4) is 0 Å². The fraction of sp³-hybridized carbons (Fsp3) is 1.00. The molecule has 0 amide bonds. The van der Waals surface area contributed by atoms with Gasteiger partial charge < -0.3 is 28.4 Å². The predicted octanol–water partition coefficient (Wildman–Crippen LogP) is 2.39. The van der Waals surface area contributed by atoms with Crippen LogP contribution in [0.15, 0.2) is 0 Å². The molecule has 0 heterocycles. The first-order valence-corrected chi connectivity index (χ1v) is 8.51. The molecular weight excluding hydrogens is 312 g/mol. The van der Waals surface area contributed by atoms with Gasteiger partial charge in [-0.15, -0.1) is 0 Å². The average Bonchev–Trinajstić information content (AvgIpc) is 2.55. The normalized spacial score (nSPS) is 20.0. The second-order valence-electron chi connectivity index (χ2n) is 6.69. The highest BCUT2D eigenvalue weighted by Gasteiger charge is 2.44. The second kappa shape index (κ2) is 12.2. The minimum Gasteiger partial charge on any atom is -0.378 e. The van der Waals surface area contributed by atoms with Gasteiger partial charge in [0.05, 0.1) is 12.2 Å². The minimum atomic E-state index is -0.367. The molecule has 0 rings (SSSR count). The van der Waals surface area contributed by atoms with Gasteiger partial charge in [-0.05, 0) is 11.8 Å². The van der Waals surface area contributed by atoms with Crippen LogP contribution in [0.4, 0.5) is 0 Å². The van der Waals surface area contributed by atoms with Gasteiger partial charge in [-0.3, -0.25) is 0 Å². The summed E-state index contributed by atoms with van der Waals surface area (Å²) in [6.45, 7) is 8.37. The molecule has 0 aromatic heterocycles. The van der Waals surface area contributed by atoms with Gasteiger partial charge in [0.25, 0.3) is 0 Å². The Morgan fingerprint density at radius 3 is 0.625 bits per heavy atom. The lowest BCUT2D eigenvalue weighted by molar-refractivity contribution is -0.201. The van der Waals surface area contributed by atoms with Gasteiger partial charge in [-0.1, -0.05) is 27.7 Å². The van der Waals surface area contributed by atoms with Crippen LogP contribution in [-0.2, 0) is 28.4 Å². The fourth-order valence-corrected chi connectivity index (χ4v) is 3.39. The summed E-state index contributed by atoms with van der Waals surface area (Å²) in [6.07, 6.45) is -1.59. The average molecular weight is 350 g/mol. The molecule has 0 aromatic carbocycles. The van der Waals surface area contributed by atoms with E-state index in [1.165, 1.54) is 0 Å². The van der Waals surface area contributed by atoms with Gasteiger partial charge in [-0.25, -0.2) is 0 Å². The van der Waals surface area contributed by atoms with E-state index in [1.54, 1.807) is 42.7 Å². The Labute approximate surface area is 148 Å². The van der Waals surface area contributed by atoms with Crippen molar-refractivity contribution in [2.24, 2.45) is 11.8 Å². The first-order chi connectivity index (χ1) is 11.3. The van der Waals surface area contributed by atoms with Gasteiger partial charge in [0.15, 0.2) is 0 Å². The van der Waals surface area contributed by atoms with E-state index in [0.717, 1.165) is 0 Å². The Balaban J connectivity index is 5.66. The smallest absolute Gasteiger partial charge is 0.115 e. The molecule has 0 saturated heterocycles. The molecule has 0 aliphatic carbocycles. The van der Waals surface area contributed by atoms with Crippen molar-refractivity contribution in [3.05, 3.63) is 0 Å². The van der Waals surface area contributed by atoms with Crippen molar-refractivity contribution < 1.29 is 28.4 Å². The van der Waals surface area contributed by atoms with Crippen LogP contribution < -0.4 is 0 Å². The zero-order chi connectivity index (χ0) is 18.9. The van der Waals surface area contributed by atoms with E-state index in [4.69, 9.17) is 28.4 Å². The van der Waals surface area contributed by atoms with Crippen molar-refractivity contribution in [3.63, 3.8) is 0 Å². The molecule has 0 spiro atoms. The first-order valence-electron chi connectivity index (χ1n) is 8.51. The Morgan fingerprint density at radius 1 is 0.333 bits per heavy atom. The molecule has 6 nitrogen and oxygen atoms in total. The highest BCUT2D eigenvalue weighted by Crippen LogP contribution is 2.27. The van der Waals surface area contributed by atoms with Crippen molar-refractivity contribution in [2.45, 2.75) is 64.3 Å². The van der Waals surface area contributed by atoms with Crippen LogP contribution in [0.5, 0.6) is 0 Å². The number of rotatable bonds is 13. The Morgan fingerprint density at radius 2 is 0.500 bits per heavy atom. The van der Waals surface area contributed by atoms with Gasteiger partial charge in [-0.2, -0.15) is 0 Å². The molecule has 0 bridgehead atoms. The molecule has 0 saturated carbocycles. The van der Waals surface area contributed by atoms with Gasteiger partial charge in [0.1, 0.15) is 24.4 Å². The molecule has 146 valence electrons. The standard InChI is InChI=1S/C18H38O6/c1-11(2)13(19-5)15(21-7)17(23-9)18(24-10)16(22-8)14(20-6)12(3)4/h11-18H,1-10H3. The lowest BCUT2D eigenvalue weighted by Crippen LogP contribution is -2.57. The van der Waals surface area contributed by atoms with E-state index < -0.39 is 0 Å². The zero-order valence-corrected chi connectivity index (χ0v) is 17.1. The molecule has 0 aromatic rings. The highest BCUT2D eigenvalue weighted by molar-refractivity contribution is 4.93. The van der Waals surface area contributed by atoms with E-state index in [-0.39, 0.29) is 48.5 Å². The lowest BCUT2D eigenvalue weighted by Gasteiger charge is -2.41. The second-order valence-corrected chi connectivity index (χ2v) is 6.69. The largest absolute Gasteiger partial charge is 0.378 e. The molecular formula is C18H38O6. The molecule has 0 radical (unpaired) electrons. The Kier molecular flexibility index (Phi) is 12.0. The van der Waals surface area contributed by atoms with E-state index in [0.29, 0.717) is 0 Å². The molecule has 0 fully saturated rings. The number of ether oxygens (including phenoxy) is 6. The van der Waals surface area contributed by atoms with Crippen LogP contribution >= 0.6 is 0 Å². The SMILES string of the molecule is COC(C(C)C)C(OC)C(OC)C(OC)C(OC)C(OC)C(C)C. The van der Waals surface area contributed by atoms with Crippen LogP contribution in [0.25, 0.3) is 0 Å². The maximum absolute atomic E-state index is 5.78. The molecule has 24 heavy (non-hydrogen) atoms. The van der Waals surface area contributed by atoms with E-state index in [9.17, 15) is 0 Å². The molecule has 6 heteroatoms. The molecule has 0 aliphatic heterocycles. The van der Waals surface area contributed by atoms with E-state index >= 15 is 0 Å². The van der Waals surface area contributed by atoms with Gasteiger partial charge in [0.2, 0.25) is 0 Å². The maximum Gasteiger partial charge on any atom is 0.115 e. The van der Waals surface area contributed by atoms with Crippen molar-refractivity contribution in [1.29, 1.82) is 0 Å². The van der Waals surface area contributed by atoms with E-state index in [2.05, 4.69) is 27.7 Å². The van der Waals surface area contributed by atoms with Crippen LogP contribution in [0.2, 0.25) is 0 Å². The number of hydrogen-bond acceptors (Lipinski definition) is 6.